The summed E-state index contributed by atoms with van der Waals surface area (Å²) in [5.74, 6) is 0. The van der Waals surface area contributed by atoms with E-state index in [9.17, 15) is 0 Å². The Hall–Kier alpha value is -1.03. The summed E-state index contributed by atoms with van der Waals surface area (Å²) < 4.78 is 1.32. The third kappa shape index (κ3) is 2.07. The van der Waals surface area contributed by atoms with Gasteiger partial charge in [0.05, 0.1) is 6.20 Å². The molecular formula is C10H17N2O2+. The lowest BCUT2D eigenvalue weighted by molar-refractivity contribution is -0.831. The summed E-state index contributed by atoms with van der Waals surface area (Å²) in [7, 11) is 0. The Balaban J connectivity index is 1.89. The zero-order chi connectivity index (χ0) is 9.80. The molecule has 0 amide bonds. The second kappa shape index (κ2) is 4.46. The van der Waals surface area contributed by atoms with Crippen LogP contribution in [0.5, 0.6) is 0 Å². The first-order valence-electron chi connectivity index (χ1n) is 5.27. The van der Waals surface area contributed by atoms with E-state index in [1.54, 1.807) is 6.20 Å². The van der Waals surface area contributed by atoms with Gasteiger partial charge >= 0.3 is 0 Å². The molecule has 1 aliphatic carbocycles. The lowest BCUT2D eigenvalue weighted by Gasteiger charge is -2.31. The van der Waals surface area contributed by atoms with Gasteiger partial charge in [-0.25, -0.2) is 0 Å². The van der Waals surface area contributed by atoms with Crippen LogP contribution in [0.25, 0.3) is 0 Å². The van der Waals surface area contributed by atoms with Crippen LogP contribution in [0.2, 0.25) is 0 Å². The zero-order valence-electron chi connectivity index (χ0n) is 8.30. The quantitative estimate of drug-likeness (QED) is 0.415. The summed E-state index contributed by atoms with van der Waals surface area (Å²) in [5, 5.41) is 8.41. The predicted octanol–water partition coefficient (Wildman–Crippen LogP) is 1.59. The maximum Gasteiger partial charge on any atom is 0.241 e. The molecule has 1 N–H and O–H groups in total. The predicted molar refractivity (Wildman–Crippen MR) is 52.8 cm³/mol. The van der Waals surface area contributed by atoms with Crippen LogP contribution < -0.4 is 0 Å². The molecule has 78 valence electrons. The van der Waals surface area contributed by atoms with Crippen molar-refractivity contribution in [2.24, 2.45) is 0 Å². The van der Waals surface area contributed by atoms with Crippen LogP contribution in [0.3, 0.4) is 0 Å². The second-order valence-corrected chi connectivity index (χ2v) is 3.91. The van der Waals surface area contributed by atoms with Gasteiger partial charge in [-0.15, -0.1) is 5.26 Å². The van der Waals surface area contributed by atoms with Gasteiger partial charge < -0.3 is 4.90 Å². The van der Waals surface area contributed by atoms with Gasteiger partial charge in [-0.1, -0.05) is 24.3 Å². The molecule has 0 atom stereocenters. The maximum atomic E-state index is 8.41. The molecule has 0 aromatic carbocycles. The number of nitrogens with zero attached hydrogens (tertiary/aromatic N) is 2. The van der Waals surface area contributed by atoms with E-state index in [2.05, 4.69) is 9.89 Å². The lowest BCUT2D eigenvalue weighted by Crippen LogP contribution is -2.37. The fourth-order valence-corrected chi connectivity index (χ4v) is 2.19. The molecule has 0 aromatic rings. The van der Waals surface area contributed by atoms with Crippen LogP contribution in [0.15, 0.2) is 12.4 Å². The van der Waals surface area contributed by atoms with Crippen LogP contribution >= 0.6 is 0 Å². The van der Waals surface area contributed by atoms with Crippen LogP contribution in [-0.2, 0) is 4.99 Å². The molecule has 2 aliphatic rings. The van der Waals surface area contributed by atoms with E-state index in [1.807, 2.05) is 12.4 Å². The Kier molecular flexibility index (Phi) is 3.03. The number of hydrogen-bond acceptors (Lipinski definition) is 3. The summed E-state index contributed by atoms with van der Waals surface area (Å²) in [4.78, 5) is 6.41. The van der Waals surface area contributed by atoms with E-state index in [0.717, 1.165) is 6.54 Å². The molecule has 4 heteroatoms. The van der Waals surface area contributed by atoms with Gasteiger partial charge in [0.15, 0.2) is 0 Å². The average molecular weight is 197 g/mol. The molecule has 0 spiro atoms. The van der Waals surface area contributed by atoms with E-state index in [0.29, 0.717) is 6.04 Å². The Morgan fingerprint density at radius 2 is 2.07 bits per heavy atom. The van der Waals surface area contributed by atoms with Gasteiger partial charge in [0, 0.05) is 10.8 Å². The molecular weight excluding hydrogens is 180 g/mol. The van der Waals surface area contributed by atoms with E-state index >= 15 is 0 Å². The lowest BCUT2D eigenvalue weighted by atomic mass is 9.94. The largest absolute Gasteiger partial charge is 0.359 e. The van der Waals surface area contributed by atoms with Crippen molar-refractivity contribution in [2.45, 2.75) is 38.1 Å². The van der Waals surface area contributed by atoms with Gasteiger partial charge in [-0.05, 0) is 12.8 Å². The molecule has 0 radical (unpaired) electrons. The van der Waals surface area contributed by atoms with Crippen molar-refractivity contribution in [3.05, 3.63) is 12.4 Å². The van der Waals surface area contributed by atoms with Crippen LogP contribution in [0.1, 0.15) is 32.1 Å². The normalized spacial score (nSPS) is 23.5. The molecule has 1 saturated carbocycles. The first-order valence-corrected chi connectivity index (χ1v) is 5.27. The smallest absolute Gasteiger partial charge is 0.241 e. The summed E-state index contributed by atoms with van der Waals surface area (Å²) in [6.45, 7) is 0.821. The van der Waals surface area contributed by atoms with Crippen molar-refractivity contribution < 1.29 is 15.0 Å². The fourth-order valence-electron chi connectivity index (χ4n) is 2.19. The Bertz CT molecular complexity index is 245. The summed E-state index contributed by atoms with van der Waals surface area (Å²) >= 11 is 0. The van der Waals surface area contributed by atoms with Crippen molar-refractivity contribution in [3.63, 3.8) is 0 Å². The number of rotatable bonds is 2. The minimum Gasteiger partial charge on any atom is -0.359 e. The molecule has 0 saturated heterocycles. The van der Waals surface area contributed by atoms with Gasteiger partial charge in [-0.2, -0.15) is 0 Å². The molecule has 0 aromatic heterocycles. The monoisotopic (exact) mass is 197 g/mol. The highest BCUT2D eigenvalue weighted by molar-refractivity contribution is 5.54. The van der Waals surface area contributed by atoms with Gasteiger partial charge in [-0.3, -0.25) is 0 Å². The third-order valence-corrected chi connectivity index (χ3v) is 3.02. The maximum absolute atomic E-state index is 8.41. The van der Waals surface area contributed by atoms with E-state index in [1.165, 1.54) is 36.8 Å². The van der Waals surface area contributed by atoms with Crippen molar-refractivity contribution in [1.29, 1.82) is 0 Å². The molecule has 2 rings (SSSR count). The summed E-state index contributed by atoms with van der Waals surface area (Å²) in [6.07, 6.45) is 12.2. The minimum atomic E-state index is 0.678. The molecule has 14 heavy (non-hydrogen) atoms. The second-order valence-electron chi connectivity index (χ2n) is 3.91. The van der Waals surface area contributed by atoms with Crippen molar-refractivity contribution >= 4 is 6.21 Å². The average Bonchev–Trinajstić information content (AvgIpc) is 2.30. The molecule has 0 unspecified atom stereocenters. The summed E-state index contributed by atoms with van der Waals surface area (Å²) in [6, 6.07) is 0.678. The number of hydroxylamine groups is 1. The molecule has 0 bridgehead atoms. The molecule has 1 heterocycles. The van der Waals surface area contributed by atoms with E-state index < -0.39 is 0 Å². The van der Waals surface area contributed by atoms with E-state index in [4.69, 9.17) is 5.26 Å². The Labute approximate surface area is 84.0 Å². The van der Waals surface area contributed by atoms with Gasteiger partial charge in [0.1, 0.15) is 6.54 Å². The molecule has 1 fully saturated rings. The highest BCUT2D eigenvalue weighted by Gasteiger charge is 2.22. The first-order chi connectivity index (χ1) is 6.90. The Morgan fingerprint density at radius 1 is 1.29 bits per heavy atom. The highest BCUT2D eigenvalue weighted by Crippen LogP contribution is 2.22. The summed E-state index contributed by atoms with van der Waals surface area (Å²) in [5.41, 5.74) is 0. The van der Waals surface area contributed by atoms with E-state index in [-0.39, 0.29) is 0 Å². The highest BCUT2D eigenvalue weighted by atomic mass is 17.2. The van der Waals surface area contributed by atoms with Crippen LogP contribution in [0, 0.1) is 0 Å². The number of hydrogen-bond donors (Lipinski definition) is 1. The topological polar surface area (TPSA) is 35.7 Å². The first kappa shape index (κ1) is 9.52. The van der Waals surface area contributed by atoms with Gasteiger partial charge in [0.25, 0.3) is 0 Å². The van der Waals surface area contributed by atoms with Crippen LogP contribution in [0.4, 0.5) is 0 Å². The minimum absolute atomic E-state index is 0.678. The fraction of sp³-hybridized carbons (Fsp3) is 0.700. The SMILES string of the molecule is OO[N+]1=CCN(C2CCCCC2)C=C1. The van der Waals surface area contributed by atoms with Crippen molar-refractivity contribution in [1.82, 2.24) is 4.90 Å². The Morgan fingerprint density at radius 3 is 2.64 bits per heavy atom. The third-order valence-electron chi connectivity index (χ3n) is 3.02. The van der Waals surface area contributed by atoms with Crippen LogP contribution in [-0.4, -0.2) is 33.7 Å². The van der Waals surface area contributed by atoms with Gasteiger partial charge in [0.2, 0.25) is 12.4 Å². The molecule has 1 aliphatic heterocycles. The van der Waals surface area contributed by atoms with Crippen molar-refractivity contribution in [2.75, 3.05) is 6.54 Å². The zero-order valence-corrected chi connectivity index (χ0v) is 8.30. The standard InChI is InChI=1S/C10H16N2O2/c13-14-12-8-6-11(7-9-12)10-4-2-1-3-5-10/h6,8-10H,1-5,7H2/p+1. The van der Waals surface area contributed by atoms with Crippen molar-refractivity contribution in [3.8, 4) is 0 Å². The molecule has 4 nitrogen and oxygen atoms in total.